The Labute approximate surface area is 104 Å². The van der Waals surface area contributed by atoms with Crippen LogP contribution in [0.2, 0.25) is 0 Å². The van der Waals surface area contributed by atoms with Gasteiger partial charge in [-0.05, 0) is 31.4 Å². The number of rotatable bonds is 2. The van der Waals surface area contributed by atoms with E-state index < -0.39 is 0 Å². The lowest BCUT2D eigenvalue weighted by atomic mass is 10.1. The fourth-order valence-electron chi connectivity index (χ4n) is 2.18. The molecule has 94 valence electrons. The van der Waals surface area contributed by atoms with E-state index in [4.69, 9.17) is 4.52 Å². The van der Waals surface area contributed by atoms with Crippen LogP contribution in [-0.4, -0.2) is 23.2 Å². The van der Waals surface area contributed by atoms with Gasteiger partial charge in [0.05, 0.1) is 5.56 Å². The SMILES string of the molecule is Fc1ccccc1-c1noc(N2CCCCC2)n1. The highest BCUT2D eigenvalue weighted by Gasteiger charge is 2.18. The molecule has 5 heteroatoms. The number of piperidine rings is 1. The van der Waals surface area contributed by atoms with Crippen LogP contribution < -0.4 is 4.90 Å². The summed E-state index contributed by atoms with van der Waals surface area (Å²) in [5.74, 6) is -0.0165. The lowest BCUT2D eigenvalue weighted by Gasteiger charge is -2.23. The Hall–Kier alpha value is -1.91. The monoisotopic (exact) mass is 247 g/mol. The maximum absolute atomic E-state index is 13.6. The van der Waals surface area contributed by atoms with Gasteiger partial charge in [0.1, 0.15) is 5.82 Å². The average molecular weight is 247 g/mol. The van der Waals surface area contributed by atoms with Crippen LogP contribution in [0.25, 0.3) is 11.4 Å². The zero-order valence-corrected chi connectivity index (χ0v) is 9.97. The topological polar surface area (TPSA) is 42.2 Å². The molecule has 0 bridgehead atoms. The van der Waals surface area contributed by atoms with Gasteiger partial charge in [-0.2, -0.15) is 4.98 Å². The molecule has 0 radical (unpaired) electrons. The highest BCUT2D eigenvalue weighted by molar-refractivity contribution is 5.56. The second-order valence-electron chi connectivity index (χ2n) is 4.43. The van der Waals surface area contributed by atoms with Crippen LogP contribution in [0.3, 0.4) is 0 Å². The lowest BCUT2D eigenvalue weighted by Crippen LogP contribution is -2.29. The van der Waals surface area contributed by atoms with Gasteiger partial charge < -0.3 is 9.42 Å². The number of aromatic nitrogens is 2. The Morgan fingerprint density at radius 1 is 1.11 bits per heavy atom. The third-order valence-electron chi connectivity index (χ3n) is 3.16. The second-order valence-corrected chi connectivity index (χ2v) is 4.43. The van der Waals surface area contributed by atoms with E-state index in [9.17, 15) is 4.39 Å². The third kappa shape index (κ3) is 2.08. The highest BCUT2D eigenvalue weighted by atomic mass is 19.1. The van der Waals surface area contributed by atoms with Gasteiger partial charge in [0.2, 0.25) is 5.82 Å². The first-order chi connectivity index (χ1) is 8.84. The summed E-state index contributed by atoms with van der Waals surface area (Å²) in [6.07, 6.45) is 3.51. The van der Waals surface area contributed by atoms with Crippen molar-refractivity contribution in [1.29, 1.82) is 0 Å². The predicted molar refractivity (Wildman–Crippen MR) is 65.8 cm³/mol. The molecule has 0 amide bonds. The molecule has 1 saturated heterocycles. The molecule has 0 aliphatic carbocycles. The van der Waals surface area contributed by atoms with Gasteiger partial charge in [-0.25, -0.2) is 4.39 Å². The van der Waals surface area contributed by atoms with Crippen molar-refractivity contribution in [1.82, 2.24) is 10.1 Å². The quantitative estimate of drug-likeness (QED) is 0.818. The highest BCUT2D eigenvalue weighted by Crippen LogP contribution is 2.23. The van der Waals surface area contributed by atoms with Crippen molar-refractivity contribution in [3.05, 3.63) is 30.1 Å². The number of hydrogen-bond donors (Lipinski definition) is 0. The average Bonchev–Trinajstić information content (AvgIpc) is 2.90. The van der Waals surface area contributed by atoms with Crippen molar-refractivity contribution >= 4 is 6.01 Å². The maximum atomic E-state index is 13.6. The van der Waals surface area contributed by atoms with Gasteiger partial charge in [0.15, 0.2) is 0 Å². The smallest absolute Gasteiger partial charge is 0.324 e. The molecule has 0 atom stereocenters. The van der Waals surface area contributed by atoms with Gasteiger partial charge in [-0.1, -0.05) is 17.3 Å². The van der Waals surface area contributed by atoms with Gasteiger partial charge >= 0.3 is 6.01 Å². The van der Waals surface area contributed by atoms with E-state index in [2.05, 4.69) is 15.0 Å². The van der Waals surface area contributed by atoms with E-state index >= 15 is 0 Å². The largest absolute Gasteiger partial charge is 0.324 e. The second kappa shape index (κ2) is 4.76. The molecule has 0 saturated carbocycles. The molecule has 0 unspecified atom stereocenters. The molecule has 1 aromatic carbocycles. The van der Waals surface area contributed by atoms with E-state index in [1.807, 2.05) is 0 Å². The molecular formula is C13H14FN3O. The first kappa shape index (κ1) is 11.2. The van der Waals surface area contributed by atoms with Gasteiger partial charge in [-0.3, -0.25) is 0 Å². The minimum absolute atomic E-state index is 0.314. The summed E-state index contributed by atoms with van der Waals surface area (Å²) < 4.78 is 18.8. The van der Waals surface area contributed by atoms with E-state index in [0.29, 0.717) is 17.4 Å². The standard InChI is InChI=1S/C13H14FN3O/c14-11-7-3-2-6-10(11)12-15-13(18-16-12)17-8-4-1-5-9-17/h2-3,6-7H,1,4-5,8-9H2. The van der Waals surface area contributed by atoms with Crippen molar-refractivity contribution in [2.24, 2.45) is 0 Å². The Morgan fingerprint density at radius 3 is 2.67 bits per heavy atom. The van der Waals surface area contributed by atoms with Crippen LogP contribution in [0.15, 0.2) is 28.8 Å². The first-order valence-corrected chi connectivity index (χ1v) is 6.18. The summed E-state index contributed by atoms with van der Waals surface area (Å²) in [6.45, 7) is 1.86. The van der Waals surface area contributed by atoms with E-state index in [1.54, 1.807) is 18.2 Å². The van der Waals surface area contributed by atoms with Gasteiger partial charge in [0, 0.05) is 13.1 Å². The van der Waals surface area contributed by atoms with E-state index in [1.165, 1.54) is 12.5 Å². The minimum atomic E-state index is -0.330. The molecule has 1 aromatic heterocycles. The number of halogens is 1. The molecular weight excluding hydrogens is 233 g/mol. The molecule has 0 N–H and O–H groups in total. The van der Waals surface area contributed by atoms with Crippen molar-refractivity contribution in [2.75, 3.05) is 18.0 Å². The molecule has 0 spiro atoms. The van der Waals surface area contributed by atoms with Gasteiger partial charge in [-0.15, -0.1) is 0 Å². The maximum Gasteiger partial charge on any atom is 0.324 e. The van der Waals surface area contributed by atoms with Crippen molar-refractivity contribution in [2.45, 2.75) is 19.3 Å². The normalized spacial score (nSPS) is 15.9. The summed E-state index contributed by atoms with van der Waals surface area (Å²) in [6, 6.07) is 6.94. The van der Waals surface area contributed by atoms with E-state index in [-0.39, 0.29) is 5.82 Å². The summed E-state index contributed by atoms with van der Waals surface area (Å²) >= 11 is 0. The summed E-state index contributed by atoms with van der Waals surface area (Å²) in [5.41, 5.74) is 0.379. The molecule has 18 heavy (non-hydrogen) atoms. The summed E-state index contributed by atoms with van der Waals surface area (Å²) in [4.78, 5) is 6.33. The van der Waals surface area contributed by atoms with Crippen LogP contribution >= 0.6 is 0 Å². The minimum Gasteiger partial charge on any atom is -0.324 e. The zero-order chi connectivity index (χ0) is 12.4. The fraction of sp³-hybridized carbons (Fsp3) is 0.385. The molecule has 4 nitrogen and oxygen atoms in total. The molecule has 1 fully saturated rings. The Bertz CT molecular complexity index is 535. The third-order valence-corrected chi connectivity index (χ3v) is 3.16. The first-order valence-electron chi connectivity index (χ1n) is 6.18. The van der Waals surface area contributed by atoms with Crippen LogP contribution in [0.4, 0.5) is 10.4 Å². The number of nitrogens with zero attached hydrogens (tertiary/aromatic N) is 3. The molecule has 1 aliphatic heterocycles. The molecule has 3 rings (SSSR count). The summed E-state index contributed by atoms with van der Waals surface area (Å²) in [7, 11) is 0. The number of hydrogen-bond acceptors (Lipinski definition) is 4. The number of benzene rings is 1. The van der Waals surface area contributed by atoms with Crippen LogP contribution in [0.5, 0.6) is 0 Å². The predicted octanol–water partition coefficient (Wildman–Crippen LogP) is 2.87. The molecule has 1 aliphatic rings. The Kier molecular flexibility index (Phi) is 2.96. The van der Waals surface area contributed by atoms with Crippen molar-refractivity contribution < 1.29 is 8.91 Å². The molecule has 2 aromatic rings. The Morgan fingerprint density at radius 2 is 1.89 bits per heavy atom. The lowest BCUT2D eigenvalue weighted by molar-refractivity contribution is 0.402. The Balaban J connectivity index is 1.87. The van der Waals surface area contributed by atoms with Crippen LogP contribution in [0.1, 0.15) is 19.3 Å². The zero-order valence-electron chi connectivity index (χ0n) is 9.97. The number of anilines is 1. The summed E-state index contributed by atoms with van der Waals surface area (Å²) in [5, 5.41) is 3.85. The molecule has 2 heterocycles. The van der Waals surface area contributed by atoms with Crippen molar-refractivity contribution in [3.63, 3.8) is 0 Å². The van der Waals surface area contributed by atoms with Gasteiger partial charge in [0.25, 0.3) is 0 Å². The van der Waals surface area contributed by atoms with Crippen molar-refractivity contribution in [3.8, 4) is 11.4 Å². The van der Waals surface area contributed by atoms with E-state index in [0.717, 1.165) is 25.9 Å². The van der Waals surface area contributed by atoms with Crippen LogP contribution in [-0.2, 0) is 0 Å². The fourth-order valence-corrected chi connectivity index (χ4v) is 2.18. The van der Waals surface area contributed by atoms with Crippen LogP contribution in [0, 0.1) is 5.82 Å².